The number of fused-ring (bicyclic) bond motifs is 2. The maximum absolute atomic E-state index is 13.6. The number of hydrogen-bond acceptors (Lipinski definition) is 7. The van der Waals surface area contributed by atoms with E-state index in [1.165, 1.54) is 23.1 Å². The van der Waals surface area contributed by atoms with Crippen molar-refractivity contribution in [3.63, 3.8) is 0 Å². The second-order valence-electron chi connectivity index (χ2n) is 9.50. The summed E-state index contributed by atoms with van der Waals surface area (Å²) in [4.78, 5) is 37.7. The van der Waals surface area contributed by atoms with E-state index in [2.05, 4.69) is 38.1 Å². The van der Waals surface area contributed by atoms with E-state index >= 15 is 0 Å². The highest BCUT2D eigenvalue weighted by molar-refractivity contribution is 7.97. The predicted molar refractivity (Wildman–Crippen MR) is 155 cm³/mol. The van der Waals surface area contributed by atoms with Gasteiger partial charge in [-0.2, -0.15) is 0 Å². The maximum Gasteiger partial charge on any atom is 0.281 e. The molecule has 1 unspecified atom stereocenters. The van der Waals surface area contributed by atoms with Crippen molar-refractivity contribution in [3.05, 3.63) is 92.0 Å². The van der Waals surface area contributed by atoms with E-state index in [0.29, 0.717) is 29.1 Å². The lowest BCUT2D eigenvalue weighted by Crippen LogP contribution is -2.36. The summed E-state index contributed by atoms with van der Waals surface area (Å²) in [6, 6.07) is 15.4. The Hall–Kier alpha value is -3.56. The zero-order valence-electron chi connectivity index (χ0n) is 21.7. The molecule has 0 radical (unpaired) electrons. The standard InChI is InChI=1S/C28H29ClN6O2S/c1-16-13-20(17(2)30-22-9-10-23(29)31-25(22)26(36)33-38-4)24-21(14-16)27(37)34(3)28(32-24)35-12-11-18-7-5-6-8-19(18)15-35/h5-10,13-14,17,30H,11-12,15H2,1-4H3,(H,33,36). The highest BCUT2D eigenvalue weighted by atomic mass is 35.5. The van der Waals surface area contributed by atoms with Gasteiger partial charge in [0, 0.05) is 32.0 Å². The SMILES string of the molecule is CSNC(=O)c1nc(Cl)ccc1NC(C)c1cc(C)cc2c(=O)n(C)c(N3CCc4ccccc4C3)nc12. The Morgan fingerprint density at radius 3 is 2.66 bits per heavy atom. The van der Waals surface area contributed by atoms with E-state index in [0.717, 1.165) is 24.1 Å². The second-order valence-corrected chi connectivity index (χ2v) is 10.5. The van der Waals surface area contributed by atoms with E-state index in [1.807, 2.05) is 32.0 Å². The van der Waals surface area contributed by atoms with Crippen molar-refractivity contribution in [1.82, 2.24) is 19.3 Å². The van der Waals surface area contributed by atoms with Crippen LogP contribution in [0.2, 0.25) is 5.15 Å². The number of amides is 1. The number of anilines is 2. The van der Waals surface area contributed by atoms with Crippen molar-refractivity contribution in [3.8, 4) is 0 Å². The van der Waals surface area contributed by atoms with Crippen LogP contribution in [0.3, 0.4) is 0 Å². The first-order valence-electron chi connectivity index (χ1n) is 12.4. The van der Waals surface area contributed by atoms with Crippen molar-refractivity contribution in [2.45, 2.75) is 32.9 Å². The zero-order valence-corrected chi connectivity index (χ0v) is 23.3. The number of benzene rings is 2. The van der Waals surface area contributed by atoms with Gasteiger partial charge in [0.15, 0.2) is 5.69 Å². The summed E-state index contributed by atoms with van der Waals surface area (Å²) in [5, 5.41) is 4.20. The number of carbonyl (C=O) groups is 1. The maximum atomic E-state index is 13.6. The summed E-state index contributed by atoms with van der Waals surface area (Å²) in [5.41, 5.74) is 5.70. The first kappa shape index (κ1) is 26.1. The molecule has 2 N–H and O–H groups in total. The number of aryl methyl sites for hydroxylation is 1. The number of pyridine rings is 1. The minimum Gasteiger partial charge on any atom is -0.377 e. The molecule has 38 heavy (non-hydrogen) atoms. The lowest BCUT2D eigenvalue weighted by molar-refractivity contribution is 0.0980. The largest absolute Gasteiger partial charge is 0.377 e. The van der Waals surface area contributed by atoms with Crippen LogP contribution in [0.25, 0.3) is 10.9 Å². The normalized spacial score (nSPS) is 13.8. The molecule has 0 aliphatic carbocycles. The van der Waals surface area contributed by atoms with Crippen molar-refractivity contribution >= 4 is 52.0 Å². The molecule has 1 amide bonds. The van der Waals surface area contributed by atoms with Crippen LogP contribution >= 0.6 is 23.5 Å². The van der Waals surface area contributed by atoms with Gasteiger partial charge in [-0.05, 0) is 55.2 Å². The Morgan fingerprint density at radius 2 is 1.89 bits per heavy atom. The van der Waals surface area contributed by atoms with Crippen LogP contribution < -0.4 is 20.5 Å². The van der Waals surface area contributed by atoms with Gasteiger partial charge >= 0.3 is 0 Å². The van der Waals surface area contributed by atoms with Crippen LogP contribution in [0.1, 0.15) is 45.7 Å². The first-order chi connectivity index (χ1) is 18.3. The quantitative estimate of drug-likeness (QED) is 0.258. The van der Waals surface area contributed by atoms with Crippen molar-refractivity contribution in [2.24, 2.45) is 7.05 Å². The summed E-state index contributed by atoms with van der Waals surface area (Å²) in [6.07, 6.45) is 2.66. The second kappa shape index (κ2) is 10.7. The van der Waals surface area contributed by atoms with Crippen LogP contribution in [0.5, 0.6) is 0 Å². The molecule has 8 nitrogen and oxygen atoms in total. The number of halogens is 1. The summed E-state index contributed by atoms with van der Waals surface area (Å²) in [6.45, 7) is 5.42. The molecule has 0 saturated heterocycles. The van der Waals surface area contributed by atoms with Crippen LogP contribution in [0.15, 0.2) is 53.3 Å². The number of nitrogens with one attached hydrogen (secondary N) is 2. The van der Waals surface area contributed by atoms with Crippen LogP contribution in [-0.4, -0.2) is 33.2 Å². The number of rotatable bonds is 6. The molecular formula is C28H29ClN6O2S. The molecule has 1 aliphatic heterocycles. The molecule has 0 fully saturated rings. The third kappa shape index (κ3) is 4.96. The van der Waals surface area contributed by atoms with Gasteiger partial charge in [0.2, 0.25) is 5.95 Å². The third-order valence-corrected chi connectivity index (χ3v) is 7.45. The minimum atomic E-state index is -0.344. The molecule has 2 aromatic carbocycles. The van der Waals surface area contributed by atoms with Crippen LogP contribution in [-0.2, 0) is 20.0 Å². The average molecular weight is 549 g/mol. The highest BCUT2D eigenvalue weighted by Gasteiger charge is 2.23. The summed E-state index contributed by atoms with van der Waals surface area (Å²) < 4.78 is 4.34. The van der Waals surface area contributed by atoms with Gasteiger partial charge in [-0.25, -0.2) is 9.97 Å². The molecule has 5 rings (SSSR count). The Labute approximate surface area is 230 Å². The highest BCUT2D eigenvalue weighted by Crippen LogP contribution is 2.30. The Morgan fingerprint density at radius 1 is 1.13 bits per heavy atom. The van der Waals surface area contributed by atoms with Gasteiger partial charge in [0.25, 0.3) is 11.5 Å². The predicted octanol–water partition coefficient (Wildman–Crippen LogP) is 5.03. The lowest BCUT2D eigenvalue weighted by atomic mass is 10.00. The molecule has 4 aromatic rings. The molecule has 0 spiro atoms. The molecule has 1 aliphatic rings. The van der Waals surface area contributed by atoms with Gasteiger partial charge in [-0.15, -0.1) is 0 Å². The van der Waals surface area contributed by atoms with Gasteiger partial charge in [-0.1, -0.05) is 53.9 Å². The topological polar surface area (TPSA) is 92.2 Å². The third-order valence-electron chi connectivity index (χ3n) is 6.85. The van der Waals surface area contributed by atoms with Crippen molar-refractivity contribution in [1.29, 1.82) is 0 Å². The fourth-order valence-corrected chi connectivity index (χ4v) is 5.43. The molecule has 1 atom stereocenters. The van der Waals surface area contributed by atoms with Crippen molar-refractivity contribution in [2.75, 3.05) is 23.0 Å². The van der Waals surface area contributed by atoms with E-state index in [1.54, 1.807) is 30.0 Å². The molecule has 0 saturated carbocycles. The minimum absolute atomic E-state index is 0.0887. The molecule has 196 valence electrons. The number of aromatic nitrogens is 3. The average Bonchev–Trinajstić information content (AvgIpc) is 2.91. The Kier molecular flexibility index (Phi) is 7.32. The number of nitrogens with zero attached hydrogens (tertiary/aromatic N) is 4. The van der Waals surface area contributed by atoms with Gasteiger partial charge < -0.3 is 10.2 Å². The van der Waals surface area contributed by atoms with E-state index in [4.69, 9.17) is 16.6 Å². The van der Waals surface area contributed by atoms with Crippen LogP contribution in [0.4, 0.5) is 11.6 Å². The zero-order chi connectivity index (χ0) is 27.0. The molecule has 2 aromatic heterocycles. The van der Waals surface area contributed by atoms with Gasteiger partial charge in [0.05, 0.1) is 22.6 Å². The van der Waals surface area contributed by atoms with E-state index in [-0.39, 0.29) is 28.4 Å². The molecule has 0 bridgehead atoms. The Balaban J connectivity index is 1.57. The smallest absolute Gasteiger partial charge is 0.281 e. The molecule has 10 heteroatoms. The van der Waals surface area contributed by atoms with Gasteiger partial charge in [0.1, 0.15) is 5.15 Å². The Bertz CT molecular complexity index is 1600. The van der Waals surface area contributed by atoms with Crippen LogP contribution in [0, 0.1) is 6.92 Å². The number of hydrogen-bond donors (Lipinski definition) is 2. The van der Waals surface area contributed by atoms with E-state index in [9.17, 15) is 9.59 Å². The van der Waals surface area contributed by atoms with Gasteiger partial charge in [-0.3, -0.25) is 18.9 Å². The monoisotopic (exact) mass is 548 g/mol. The summed E-state index contributed by atoms with van der Waals surface area (Å²) in [5.74, 6) is 0.297. The fourth-order valence-electron chi connectivity index (χ4n) is 5.00. The fraction of sp³-hybridized carbons (Fsp3) is 0.286. The van der Waals surface area contributed by atoms with Crippen molar-refractivity contribution < 1.29 is 4.79 Å². The molecule has 3 heterocycles. The first-order valence-corrected chi connectivity index (χ1v) is 14.0. The molecular weight excluding hydrogens is 520 g/mol. The summed E-state index contributed by atoms with van der Waals surface area (Å²) >= 11 is 7.28. The summed E-state index contributed by atoms with van der Waals surface area (Å²) in [7, 11) is 1.78. The lowest BCUT2D eigenvalue weighted by Gasteiger charge is -2.31. The van der Waals surface area contributed by atoms with E-state index < -0.39 is 0 Å². The number of carbonyl (C=O) groups excluding carboxylic acids is 1.